The highest BCUT2D eigenvalue weighted by Crippen LogP contribution is 2.26. The number of nitrogens with zero attached hydrogens (tertiary/aromatic N) is 2. The molecule has 1 saturated carbocycles. The summed E-state index contributed by atoms with van der Waals surface area (Å²) in [5, 5.41) is 3.44. The number of rotatable bonds is 10. The summed E-state index contributed by atoms with van der Waals surface area (Å²) < 4.78 is 42.3. The van der Waals surface area contributed by atoms with Crippen molar-refractivity contribution in [1.82, 2.24) is 10.2 Å². The number of carbonyl (C=O) groups is 2. The molecule has 4 rings (SSSR count). The van der Waals surface area contributed by atoms with E-state index in [1.54, 1.807) is 43.3 Å². The van der Waals surface area contributed by atoms with Gasteiger partial charge in [0.2, 0.25) is 11.8 Å². The summed E-state index contributed by atoms with van der Waals surface area (Å²) in [5.41, 5.74) is 1.84. The van der Waals surface area contributed by atoms with Crippen LogP contribution >= 0.6 is 11.6 Å². The van der Waals surface area contributed by atoms with Crippen LogP contribution in [0.4, 0.5) is 10.1 Å². The molecule has 1 unspecified atom stereocenters. The smallest absolute Gasteiger partial charge is 0.264 e. The molecule has 3 aromatic rings. The lowest BCUT2D eigenvalue weighted by molar-refractivity contribution is -0.139. The molecule has 7 nitrogen and oxygen atoms in total. The first kappa shape index (κ1) is 30.5. The number of nitrogens with one attached hydrogen (secondary N) is 1. The van der Waals surface area contributed by atoms with Gasteiger partial charge < -0.3 is 10.2 Å². The van der Waals surface area contributed by atoms with E-state index in [0.29, 0.717) is 16.3 Å². The first-order valence-electron chi connectivity index (χ1n) is 13.7. The fourth-order valence-corrected chi connectivity index (χ4v) is 6.45. The molecule has 0 aliphatic heterocycles. The standard InChI is InChI=1S/C31H35ClFN3O4S/c1-22-8-16-28(17-9-22)36(41(39,40)29-18-12-25(32)13-19-29)21-30(37)35(20-24-10-14-26(33)15-11-24)23(2)31(38)34-27-6-4-3-5-7-27/h8-19,23,27H,3-7,20-21H2,1-2H3,(H,34,38). The van der Waals surface area contributed by atoms with Crippen LogP contribution in [0.1, 0.15) is 50.2 Å². The van der Waals surface area contributed by atoms with Gasteiger partial charge in [-0.3, -0.25) is 13.9 Å². The molecule has 0 aromatic heterocycles. The number of benzene rings is 3. The number of halogens is 2. The van der Waals surface area contributed by atoms with Crippen molar-refractivity contribution in [2.24, 2.45) is 0 Å². The van der Waals surface area contributed by atoms with Gasteiger partial charge in [-0.05, 0) is 80.8 Å². The Morgan fingerprint density at radius 3 is 2.17 bits per heavy atom. The first-order valence-corrected chi connectivity index (χ1v) is 15.6. The van der Waals surface area contributed by atoms with Crippen LogP contribution in [0.15, 0.2) is 77.7 Å². The minimum Gasteiger partial charge on any atom is -0.352 e. The number of anilines is 1. The number of aryl methyl sites for hydroxylation is 1. The minimum absolute atomic E-state index is 0.00109. The van der Waals surface area contributed by atoms with Gasteiger partial charge >= 0.3 is 0 Å². The number of carbonyl (C=O) groups excluding carboxylic acids is 2. The molecule has 0 radical (unpaired) electrons. The van der Waals surface area contributed by atoms with Crippen molar-refractivity contribution < 1.29 is 22.4 Å². The summed E-state index contributed by atoms with van der Waals surface area (Å²) in [5.74, 6) is -1.30. The lowest BCUT2D eigenvalue weighted by atomic mass is 9.95. The average Bonchev–Trinajstić information content (AvgIpc) is 2.96. The molecule has 41 heavy (non-hydrogen) atoms. The van der Waals surface area contributed by atoms with Crippen molar-refractivity contribution in [2.75, 3.05) is 10.8 Å². The molecule has 0 spiro atoms. The molecule has 1 aliphatic carbocycles. The molecule has 2 amide bonds. The zero-order chi connectivity index (χ0) is 29.6. The summed E-state index contributed by atoms with van der Waals surface area (Å²) in [4.78, 5) is 28.6. The zero-order valence-corrected chi connectivity index (χ0v) is 24.8. The van der Waals surface area contributed by atoms with Crippen molar-refractivity contribution >= 4 is 39.1 Å². The van der Waals surface area contributed by atoms with Crippen LogP contribution in [0, 0.1) is 12.7 Å². The third-order valence-electron chi connectivity index (χ3n) is 7.39. The number of amides is 2. The van der Waals surface area contributed by atoms with Crippen LogP contribution in [-0.4, -0.2) is 43.8 Å². The summed E-state index contributed by atoms with van der Waals surface area (Å²) in [6.07, 6.45) is 4.96. The van der Waals surface area contributed by atoms with Crippen LogP contribution in [0.25, 0.3) is 0 Å². The Bertz CT molecular complexity index is 1440. The molecule has 0 bridgehead atoms. The maximum Gasteiger partial charge on any atom is 0.264 e. The van der Waals surface area contributed by atoms with E-state index in [1.807, 2.05) is 6.92 Å². The number of hydrogen-bond donors (Lipinski definition) is 1. The highest BCUT2D eigenvalue weighted by molar-refractivity contribution is 7.92. The van der Waals surface area contributed by atoms with E-state index < -0.39 is 34.3 Å². The van der Waals surface area contributed by atoms with Crippen LogP contribution < -0.4 is 9.62 Å². The van der Waals surface area contributed by atoms with Crippen molar-refractivity contribution in [3.63, 3.8) is 0 Å². The van der Waals surface area contributed by atoms with Crippen molar-refractivity contribution in [2.45, 2.75) is 69.5 Å². The molecule has 1 fully saturated rings. The van der Waals surface area contributed by atoms with Gasteiger partial charge in [-0.1, -0.05) is 60.7 Å². The third kappa shape index (κ3) is 7.86. The Morgan fingerprint density at radius 1 is 0.951 bits per heavy atom. The van der Waals surface area contributed by atoms with Gasteiger partial charge in [0.1, 0.15) is 18.4 Å². The lowest BCUT2D eigenvalue weighted by Crippen LogP contribution is -2.53. The number of hydrogen-bond acceptors (Lipinski definition) is 4. The Hall–Kier alpha value is -3.43. The van der Waals surface area contributed by atoms with E-state index in [1.165, 1.54) is 41.3 Å². The Balaban J connectivity index is 1.66. The van der Waals surface area contributed by atoms with Crippen LogP contribution in [0.5, 0.6) is 0 Å². The molecule has 1 N–H and O–H groups in total. The van der Waals surface area contributed by atoms with E-state index in [9.17, 15) is 22.4 Å². The van der Waals surface area contributed by atoms with Gasteiger partial charge in [-0.25, -0.2) is 12.8 Å². The van der Waals surface area contributed by atoms with Gasteiger partial charge in [0.25, 0.3) is 10.0 Å². The van der Waals surface area contributed by atoms with E-state index in [4.69, 9.17) is 11.6 Å². The van der Waals surface area contributed by atoms with Gasteiger partial charge in [0.05, 0.1) is 10.6 Å². The second-order valence-corrected chi connectivity index (χ2v) is 12.8. The van der Waals surface area contributed by atoms with Crippen LogP contribution in [-0.2, 0) is 26.2 Å². The van der Waals surface area contributed by atoms with E-state index in [2.05, 4.69) is 5.32 Å². The molecule has 3 aromatic carbocycles. The monoisotopic (exact) mass is 599 g/mol. The summed E-state index contributed by atoms with van der Waals surface area (Å²) in [6, 6.07) is 17.3. The fourth-order valence-electron chi connectivity index (χ4n) is 4.91. The fraction of sp³-hybridized carbons (Fsp3) is 0.355. The van der Waals surface area contributed by atoms with E-state index >= 15 is 0 Å². The summed E-state index contributed by atoms with van der Waals surface area (Å²) >= 11 is 5.99. The highest BCUT2D eigenvalue weighted by Gasteiger charge is 2.33. The van der Waals surface area contributed by atoms with Crippen molar-refractivity contribution in [3.05, 3.63) is 94.8 Å². The normalized spacial score (nSPS) is 14.7. The van der Waals surface area contributed by atoms with Crippen LogP contribution in [0.3, 0.4) is 0 Å². The Kier molecular flexibility index (Phi) is 10.0. The van der Waals surface area contributed by atoms with Crippen LogP contribution in [0.2, 0.25) is 5.02 Å². The Morgan fingerprint density at radius 2 is 1.56 bits per heavy atom. The maximum absolute atomic E-state index is 14.0. The summed E-state index contributed by atoms with van der Waals surface area (Å²) in [6.45, 7) is 2.96. The summed E-state index contributed by atoms with van der Waals surface area (Å²) in [7, 11) is -4.18. The zero-order valence-electron chi connectivity index (χ0n) is 23.2. The Labute approximate surface area is 246 Å². The van der Waals surface area contributed by atoms with Gasteiger partial charge in [-0.2, -0.15) is 0 Å². The van der Waals surface area contributed by atoms with Gasteiger partial charge in [-0.15, -0.1) is 0 Å². The molecule has 218 valence electrons. The lowest BCUT2D eigenvalue weighted by Gasteiger charge is -2.33. The first-order chi connectivity index (χ1) is 19.5. The topological polar surface area (TPSA) is 86.8 Å². The highest BCUT2D eigenvalue weighted by atomic mass is 35.5. The third-order valence-corrected chi connectivity index (χ3v) is 9.43. The van der Waals surface area contributed by atoms with Gasteiger partial charge in [0, 0.05) is 17.6 Å². The minimum atomic E-state index is -4.18. The second kappa shape index (κ2) is 13.5. The molecule has 0 heterocycles. The SMILES string of the molecule is Cc1ccc(N(CC(=O)N(Cc2ccc(F)cc2)C(C)C(=O)NC2CCCCC2)S(=O)(=O)c2ccc(Cl)cc2)cc1. The largest absolute Gasteiger partial charge is 0.352 e. The predicted molar refractivity (Wildman–Crippen MR) is 159 cm³/mol. The van der Waals surface area contributed by atoms with Crippen molar-refractivity contribution in [3.8, 4) is 0 Å². The molecule has 0 saturated heterocycles. The number of sulfonamides is 1. The molecular weight excluding hydrogens is 565 g/mol. The van der Waals surface area contributed by atoms with E-state index in [0.717, 1.165) is 42.0 Å². The molecular formula is C31H35ClFN3O4S. The predicted octanol–water partition coefficient (Wildman–Crippen LogP) is 5.85. The quantitative estimate of drug-likeness (QED) is 0.317. The maximum atomic E-state index is 14.0. The van der Waals surface area contributed by atoms with E-state index in [-0.39, 0.29) is 23.4 Å². The van der Waals surface area contributed by atoms with Crippen molar-refractivity contribution in [1.29, 1.82) is 0 Å². The molecule has 10 heteroatoms. The second-order valence-electron chi connectivity index (χ2n) is 10.5. The average molecular weight is 600 g/mol. The molecule has 1 aliphatic rings. The van der Waals surface area contributed by atoms with Gasteiger partial charge in [0.15, 0.2) is 0 Å². The molecule has 1 atom stereocenters.